The van der Waals surface area contributed by atoms with E-state index >= 15 is 0 Å². The number of sulfonamides is 1. The summed E-state index contributed by atoms with van der Waals surface area (Å²) in [4.78, 5) is 2.96. The number of nitrogens with zero attached hydrogens (tertiary/aromatic N) is 1. The lowest BCUT2D eigenvalue weighted by molar-refractivity contribution is 0.303. The van der Waals surface area contributed by atoms with Crippen LogP contribution in [-0.4, -0.2) is 34.0 Å². The molecule has 1 aromatic carbocycles. The van der Waals surface area contributed by atoms with Crippen molar-refractivity contribution in [1.29, 1.82) is 0 Å². The van der Waals surface area contributed by atoms with Crippen molar-refractivity contribution >= 4 is 44.6 Å². The van der Waals surface area contributed by atoms with Gasteiger partial charge < -0.3 is 4.90 Å². The summed E-state index contributed by atoms with van der Waals surface area (Å²) in [6.45, 7) is 0.234. The van der Waals surface area contributed by atoms with Gasteiger partial charge in [0.25, 0.3) is 0 Å². The molecule has 0 bridgehead atoms. The van der Waals surface area contributed by atoms with E-state index in [0.717, 1.165) is 4.88 Å². The van der Waals surface area contributed by atoms with Crippen LogP contribution in [0.4, 0.5) is 0 Å². The van der Waals surface area contributed by atoms with Gasteiger partial charge in [-0.05, 0) is 37.7 Å². The van der Waals surface area contributed by atoms with E-state index in [9.17, 15) is 8.42 Å². The SMILES string of the molecule is CN(C)C(CNS(=O)(=O)c1c(Cl)cccc1Cl)c1cccs1. The van der Waals surface area contributed by atoms with Crippen LogP contribution < -0.4 is 4.72 Å². The number of thiophene rings is 1. The summed E-state index contributed by atoms with van der Waals surface area (Å²) in [5.41, 5.74) is 0. The molecule has 1 heterocycles. The topological polar surface area (TPSA) is 49.4 Å². The maximum atomic E-state index is 12.5. The van der Waals surface area contributed by atoms with Gasteiger partial charge in [0.1, 0.15) is 4.90 Å². The minimum Gasteiger partial charge on any atom is -0.300 e. The molecular weight excluding hydrogens is 363 g/mol. The molecule has 0 radical (unpaired) electrons. The van der Waals surface area contributed by atoms with Crippen molar-refractivity contribution in [3.8, 4) is 0 Å². The highest BCUT2D eigenvalue weighted by molar-refractivity contribution is 7.89. The molecule has 22 heavy (non-hydrogen) atoms. The first-order valence-corrected chi connectivity index (χ1v) is 9.58. The minimum absolute atomic E-state index is 0.0592. The standard InChI is InChI=1S/C14H16Cl2N2O2S2/c1-18(2)12(13-7-4-8-21-13)9-17-22(19,20)14-10(15)5-3-6-11(14)16/h3-8,12,17H,9H2,1-2H3. The summed E-state index contributed by atoms with van der Waals surface area (Å²) in [6.07, 6.45) is 0. The fraction of sp³-hybridized carbons (Fsp3) is 0.286. The average Bonchev–Trinajstić information content (AvgIpc) is 2.91. The highest BCUT2D eigenvalue weighted by Gasteiger charge is 2.24. The van der Waals surface area contributed by atoms with Gasteiger partial charge in [-0.1, -0.05) is 35.3 Å². The second-order valence-corrected chi connectivity index (χ2v) is 8.39. The van der Waals surface area contributed by atoms with Crippen molar-refractivity contribution in [3.05, 3.63) is 50.6 Å². The van der Waals surface area contributed by atoms with Crippen LogP contribution in [-0.2, 0) is 10.0 Å². The Morgan fingerprint density at radius 3 is 2.32 bits per heavy atom. The smallest absolute Gasteiger partial charge is 0.243 e. The second-order valence-electron chi connectivity index (χ2n) is 4.90. The van der Waals surface area contributed by atoms with E-state index in [2.05, 4.69) is 4.72 Å². The Labute approximate surface area is 144 Å². The maximum absolute atomic E-state index is 12.5. The van der Waals surface area contributed by atoms with Crippen molar-refractivity contribution in [2.45, 2.75) is 10.9 Å². The fourth-order valence-corrected chi connectivity index (χ4v) is 5.12. The molecule has 0 amide bonds. The van der Waals surface area contributed by atoms with E-state index in [0.29, 0.717) is 0 Å². The van der Waals surface area contributed by atoms with Gasteiger partial charge in [-0.25, -0.2) is 13.1 Å². The third-order valence-electron chi connectivity index (χ3n) is 3.15. The van der Waals surface area contributed by atoms with Gasteiger partial charge in [0.05, 0.1) is 16.1 Å². The molecule has 1 unspecified atom stereocenters. The lowest BCUT2D eigenvalue weighted by atomic mass is 10.2. The van der Waals surface area contributed by atoms with Gasteiger partial charge in [-0.2, -0.15) is 0 Å². The Morgan fingerprint density at radius 2 is 1.82 bits per heavy atom. The minimum atomic E-state index is -3.78. The third-order valence-corrected chi connectivity index (χ3v) is 6.50. The van der Waals surface area contributed by atoms with Crippen LogP contribution in [0.2, 0.25) is 10.0 Å². The first kappa shape index (κ1) is 17.7. The summed E-state index contributed by atoms with van der Waals surface area (Å²) in [5, 5.41) is 2.18. The van der Waals surface area contributed by atoms with E-state index < -0.39 is 10.0 Å². The fourth-order valence-electron chi connectivity index (χ4n) is 2.02. The summed E-state index contributed by atoms with van der Waals surface area (Å²) in [5.74, 6) is 0. The number of rotatable bonds is 6. The van der Waals surface area contributed by atoms with E-state index in [1.807, 2.05) is 36.5 Å². The Morgan fingerprint density at radius 1 is 1.18 bits per heavy atom. The van der Waals surface area contributed by atoms with Crippen molar-refractivity contribution in [1.82, 2.24) is 9.62 Å². The summed E-state index contributed by atoms with van der Waals surface area (Å²) in [7, 11) is 0.0307. The number of hydrogen-bond donors (Lipinski definition) is 1. The number of likely N-dealkylation sites (N-methyl/N-ethyl adjacent to an activating group) is 1. The lowest BCUT2D eigenvalue weighted by Crippen LogP contribution is -2.34. The first-order chi connectivity index (χ1) is 10.3. The first-order valence-electron chi connectivity index (χ1n) is 6.46. The molecule has 0 fully saturated rings. The quantitative estimate of drug-likeness (QED) is 0.834. The Balaban J connectivity index is 2.22. The van der Waals surface area contributed by atoms with Crippen LogP contribution in [0.5, 0.6) is 0 Å². The molecule has 0 spiro atoms. The van der Waals surface area contributed by atoms with Gasteiger partial charge in [-0.15, -0.1) is 11.3 Å². The van der Waals surface area contributed by atoms with Gasteiger partial charge in [0.15, 0.2) is 0 Å². The molecule has 2 rings (SSSR count). The van der Waals surface area contributed by atoms with Crippen LogP contribution in [0.3, 0.4) is 0 Å². The van der Waals surface area contributed by atoms with Crippen LogP contribution in [0, 0.1) is 0 Å². The van der Waals surface area contributed by atoms with E-state index in [1.54, 1.807) is 17.4 Å². The largest absolute Gasteiger partial charge is 0.300 e. The van der Waals surface area contributed by atoms with Crippen LogP contribution in [0.1, 0.15) is 10.9 Å². The molecular formula is C14H16Cl2N2O2S2. The predicted molar refractivity (Wildman–Crippen MR) is 92.4 cm³/mol. The summed E-state index contributed by atoms with van der Waals surface area (Å²) < 4.78 is 27.5. The third kappa shape index (κ3) is 4.01. The molecule has 0 aliphatic heterocycles. The van der Waals surface area contributed by atoms with Crippen LogP contribution >= 0.6 is 34.5 Å². The molecule has 120 valence electrons. The highest BCUT2D eigenvalue weighted by Crippen LogP contribution is 2.29. The van der Waals surface area contributed by atoms with Crippen molar-refractivity contribution in [2.24, 2.45) is 0 Å². The molecule has 1 aromatic heterocycles. The van der Waals surface area contributed by atoms with Crippen LogP contribution in [0.25, 0.3) is 0 Å². The zero-order valence-corrected chi connectivity index (χ0v) is 15.2. The predicted octanol–water partition coefficient (Wildman–Crippen LogP) is 3.64. The van der Waals surface area contributed by atoms with Crippen molar-refractivity contribution < 1.29 is 8.42 Å². The van der Waals surface area contributed by atoms with Gasteiger partial charge in [0, 0.05) is 11.4 Å². The van der Waals surface area contributed by atoms with E-state index in [-0.39, 0.29) is 27.5 Å². The highest BCUT2D eigenvalue weighted by atomic mass is 35.5. The second kappa shape index (κ2) is 7.29. The van der Waals surface area contributed by atoms with Gasteiger partial charge >= 0.3 is 0 Å². The van der Waals surface area contributed by atoms with Crippen molar-refractivity contribution in [3.63, 3.8) is 0 Å². The molecule has 0 saturated carbocycles. The summed E-state index contributed by atoms with van der Waals surface area (Å²) >= 11 is 13.5. The Hall–Kier alpha value is -0.630. The van der Waals surface area contributed by atoms with E-state index in [4.69, 9.17) is 23.2 Å². The molecule has 2 aromatic rings. The molecule has 1 N–H and O–H groups in total. The molecule has 0 aliphatic rings. The normalized spacial score (nSPS) is 13.5. The van der Waals surface area contributed by atoms with Crippen molar-refractivity contribution in [2.75, 3.05) is 20.6 Å². The maximum Gasteiger partial charge on any atom is 0.243 e. The van der Waals surface area contributed by atoms with Gasteiger partial charge in [-0.3, -0.25) is 0 Å². The molecule has 0 saturated heterocycles. The number of hydrogen-bond acceptors (Lipinski definition) is 4. The monoisotopic (exact) mass is 378 g/mol. The lowest BCUT2D eigenvalue weighted by Gasteiger charge is -2.23. The molecule has 0 aliphatic carbocycles. The molecule has 1 atom stereocenters. The Bertz CT molecular complexity index is 711. The Kier molecular flexibility index (Phi) is 5.87. The number of halogens is 2. The average molecular weight is 379 g/mol. The van der Waals surface area contributed by atoms with E-state index in [1.165, 1.54) is 12.1 Å². The summed E-state index contributed by atoms with van der Waals surface area (Å²) in [6, 6.07) is 8.48. The van der Waals surface area contributed by atoms with Crippen LogP contribution in [0.15, 0.2) is 40.6 Å². The number of nitrogens with one attached hydrogen (secondary N) is 1. The number of benzene rings is 1. The van der Waals surface area contributed by atoms with Gasteiger partial charge in [0.2, 0.25) is 10.0 Å². The molecule has 8 heteroatoms. The zero-order chi connectivity index (χ0) is 16.3. The zero-order valence-electron chi connectivity index (χ0n) is 12.1. The molecule has 4 nitrogen and oxygen atoms in total.